The molecule has 3 heterocycles. The van der Waals surface area contributed by atoms with Gasteiger partial charge in [0.1, 0.15) is 17.5 Å². The van der Waals surface area contributed by atoms with Crippen molar-refractivity contribution in [3.8, 4) is 6.07 Å². The molecule has 0 unspecified atom stereocenters. The normalized spacial score (nSPS) is 18.4. The average molecular weight is 339 g/mol. The van der Waals surface area contributed by atoms with Crippen molar-refractivity contribution in [3.63, 3.8) is 0 Å². The molecule has 132 valence electrons. The average Bonchev–Trinajstić information content (AvgIpc) is 3.06. The quantitative estimate of drug-likeness (QED) is 0.847. The highest BCUT2D eigenvalue weighted by atomic mass is 15.3. The third-order valence-corrected chi connectivity index (χ3v) is 5.10. The molecule has 2 aromatic rings. The molecule has 0 radical (unpaired) electrons. The molecule has 0 N–H and O–H groups in total. The molecule has 25 heavy (non-hydrogen) atoms. The molecule has 1 fully saturated rings. The molecule has 1 aliphatic heterocycles. The Bertz CT molecular complexity index is 789. The van der Waals surface area contributed by atoms with Gasteiger partial charge >= 0.3 is 0 Å². The lowest BCUT2D eigenvalue weighted by atomic mass is 10.1. The number of nitrogens with zero attached hydrogens (tertiary/aromatic N) is 7. The van der Waals surface area contributed by atoms with Crippen LogP contribution in [0.25, 0.3) is 0 Å². The van der Waals surface area contributed by atoms with Crippen molar-refractivity contribution in [1.29, 1.82) is 5.26 Å². The fraction of sp³-hybridized carbons (Fsp3) is 0.556. The fourth-order valence-electron chi connectivity index (χ4n) is 3.33. The zero-order chi connectivity index (χ0) is 18.0. The molecule has 1 atom stereocenters. The highest BCUT2D eigenvalue weighted by molar-refractivity contribution is 5.57. The molecular weight excluding hydrogens is 314 g/mol. The van der Waals surface area contributed by atoms with Crippen LogP contribution in [-0.2, 0) is 13.1 Å². The van der Waals surface area contributed by atoms with Crippen molar-refractivity contribution in [2.24, 2.45) is 0 Å². The van der Waals surface area contributed by atoms with E-state index in [0.29, 0.717) is 17.4 Å². The first kappa shape index (κ1) is 17.4. The Balaban J connectivity index is 1.74. The Morgan fingerprint density at radius 3 is 2.76 bits per heavy atom. The van der Waals surface area contributed by atoms with E-state index >= 15 is 0 Å². The number of hydrogen-bond acceptors (Lipinski definition) is 6. The van der Waals surface area contributed by atoms with Gasteiger partial charge in [-0.3, -0.25) is 4.90 Å². The summed E-state index contributed by atoms with van der Waals surface area (Å²) in [5, 5.41) is 18.1. The zero-order valence-corrected chi connectivity index (χ0v) is 15.4. The molecule has 0 aliphatic carbocycles. The van der Waals surface area contributed by atoms with Crippen molar-refractivity contribution in [2.75, 3.05) is 24.5 Å². The lowest BCUT2D eigenvalue weighted by Crippen LogP contribution is -2.52. The van der Waals surface area contributed by atoms with E-state index in [1.54, 1.807) is 0 Å². The molecule has 0 bridgehead atoms. The largest absolute Gasteiger partial charge is 0.351 e. The highest BCUT2D eigenvalue weighted by Gasteiger charge is 2.27. The highest BCUT2D eigenvalue weighted by Crippen LogP contribution is 2.24. The molecule has 3 rings (SSSR count). The summed E-state index contributed by atoms with van der Waals surface area (Å²) in [5.74, 6) is 1.82. The summed E-state index contributed by atoms with van der Waals surface area (Å²) in [6, 6.07) is 2.66. The molecule has 0 aromatic carbocycles. The van der Waals surface area contributed by atoms with Gasteiger partial charge in [0, 0.05) is 44.6 Å². The Kier molecular flexibility index (Phi) is 5.00. The van der Waals surface area contributed by atoms with E-state index in [1.807, 2.05) is 26.2 Å². The lowest BCUT2D eigenvalue weighted by molar-refractivity contribution is 0.174. The Morgan fingerprint density at radius 2 is 2.08 bits per heavy atom. The third-order valence-electron chi connectivity index (χ3n) is 5.10. The van der Waals surface area contributed by atoms with E-state index in [0.717, 1.165) is 49.8 Å². The second kappa shape index (κ2) is 7.19. The summed E-state index contributed by atoms with van der Waals surface area (Å²) in [6.07, 6.45) is 3.89. The zero-order valence-electron chi connectivity index (χ0n) is 15.4. The predicted octanol–water partition coefficient (Wildman–Crippen LogP) is 1.89. The molecule has 0 spiro atoms. The molecule has 2 aromatic heterocycles. The van der Waals surface area contributed by atoms with Gasteiger partial charge in [0.25, 0.3) is 0 Å². The van der Waals surface area contributed by atoms with Gasteiger partial charge in [0.15, 0.2) is 5.82 Å². The van der Waals surface area contributed by atoms with E-state index in [2.05, 4.69) is 49.5 Å². The fourth-order valence-corrected chi connectivity index (χ4v) is 3.33. The molecule has 0 amide bonds. The maximum Gasteiger partial charge on any atom is 0.169 e. The van der Waals surface area contributed by atoms with Gasteiger partial charge in [-0.05, 0) is 33.3 Å². The summed E-state index contributed by atoms with van der Waals surface area (Å²) in [5.41, 5.74) is 2.39. The van der Waals surface area contributed by atoms with Gasteiger partial charge in [0.05, 0.1) is 12.2 Å². The Labute approximate surface area is 148 Å². The van der Waals surface area contributed by atoms with Crippen LogP contribution in [0.15, 0.2) is 12.4 Å². The van der Waals surface area contributed by atoms with Crippen molar-refractivity contribution in [3.05, 3.63) is 35.0 Å². The van der Waals surface area contributed by atoms with Gasteiger partial charge in [-0.2, -0.15) is 10.4 Å². The van der Waals surface area contributed by atoms with Crippen LogP contribution in [0.2, 0.25) is 0 Å². The van der Waals surface area contributed by atoms with E-state index in [-0.39, 0.29) is 0 Å². The third kappa shape index (κ3) is 3.35. The first-order valence-electron chi connectivity index (χ1n) is 8.78. The monoisotopic (exact) mass is 339 g/mol. The number of rotatable bonds is 4. The lowest BCUT2D eigenvalue weighted by Gasteiger charge is -2.40. The van der Waals surface area contributed by atoms with E-state index in [1.165, 1.54) is 0 Å². The van der Waals surface area contributed by atoms with Crippen LogP contribution < -0.4 is 4.90 Å². The van der Waals surface area contributed by atoms with E-state index in [9.17, 15) is 5.26 Å². The van der Waals surface area contributed by atoms with Crippen LogP contribution in [0.3, 0.4) is 0 Å². The second-order valence-corrected chi connectivity index (χ2v) is 6.62. The van der Waals surface area contributed by atoms with E-state index < -0.39 is 0 Å². The van der Waals surface area contributed by atoms with Crippen LogP contribution in [0.1, 0.15) is 36.5 Å². The maximum absolute atomic E-state index is 9.54. The van der Waals surface area contributed by atoms with Crippen LogP contribution >= 0.6 is 0 Å². The van der Waals surface area contributed by atoms with E-state index in [4.69, 9.17) is 0 Å². The maximum atomic E-state index is 9.54. The minimum atomic E-state index is 0.353. The molecule has 1 saturated heterocycles. The summed E-state index contributed by atoms with van der Waals surface area (Å²) >= 11 is 0. The number of piperazine rings is 1. The predicted molar refractivity (Wildman–Crippen MR) is 96.2 cm³/mol. The molecule has 7 nitrogen and oxygen atoms in total. The number of aromatic nitrogens is 4. The minimum Gasteiger partial charge on any atom is -0.351 e. The molecular formula is C18H25N7. The van der Waals surface area contributed by atoms with Crippen LogP contribution in [0.4, 0.5) is 5.82 Å². The second-order valence-electron chi connectivity index (χ2n) is 6.62. The number of anilines is 1. The number of nitriles is 1. The topological polar surface area (TPSA) is 73.9 Å². The standard InChI is InChI=1S/C18H25N7/c1-5-23-7-6-20-17(23)12-24-8-9-25(11-13(24)2)18-16(10-19)14(3)15(4)21-22-18/h6-7,13H,5,8-9,11-12H2,1-4H3/t13-/m1/s1. The number of hydrogen-bond donors (Lipinski definition) is 0. The molecule has 1 aliphatic rings. The summed E-state index contributed by atoms with van der Waals surface area (Å²) in [4.78, 5) is 9.11. The van der Waals surface area contributed by atoms with Crippen molar-refractivity contribution < 1.29 is 0 Å². The molecule has 0 saturated carbocycles. The van der Waals surface area contributed by atoms with Crippen molar-refractivity contribution >= 4 is 5.82 Å². The summed E-state index contributed by atoms with van der Waals surface area (Å²) in [6.45, 7) is 12.5. The minimum absolute atomic E-state index is 0.353. The Hall–Kier alpha value is -2.46. The number of aryl methyl sites for hydroxylation is 2. The number of imidazole rings is 1. The summed E-state index contributed by atoms with van der Waals surface area (Å²) in [7, 11) is 0. The Morgan fingerprint density at radius 1 is 1.28 bits per heavy atom. The first-order valence-corrected chi connectivity index (χ1v) is 8.78. The van der Waals surface area contributed by atoms with Gasteiger partial charge in [0.2, 0.25) is 0 Å². The van der Waals surface area contributed by atoms with Gasteiger partial charge in [-0.25, -0.2) is 4.98 Å². The van der Waals surface area contributed by atoms with Gasteiger partial charge in [-0.1, -0.05) is 0 Å². The van der Waals surface area contributed by atoms with Crippen LogP contribution in [-0.4, -0.2) is 50.3 Å². The van der Waals surface area contributed by atoms with Gasteiger partial charge < -0.3 is 9.47 Å². The van der Waals surface area contributed by atoms with Crippen LogP contribution in [0, 0.1) is 25.2 Å². The van der Waals surface area contributed by atoms with Gasteiger partial charge in [-0.15, -0.1) is 5.10 Å². The summed E-state index contributed by atoms with van der Waals surface area (Å²) < 4.78 is 2.18. The molecule has 7 heteroatoms. The SMILES string of the molecule is CCn1ccnc1CN1CCN(c2nnc(C)c(C)c2C#N)C[C@H]1C. The van der Waals surface area contributed by atoms with Crippen molar-refractivity contribution in [2.45, 2.75) is 46.8 Å². The van der Waals surface area contributed by atoms with Crippen LogP contribution in [0.5, 0.6) is 0 Å². The first-order chi connectivity index (χ1) is 12.0. The van der Waals surface area contributed by atoms with Crippen molar-refractivity contribution in [1.82, 2.24) is 24.6 Å². The smallest absolute Gasteiger partial charge is 0.169 e.